The lowest BCUT2D eigenvalue weighted by atomic mass is 10.0. The van der Waals surface area contributed by atoms with Gasteiger partial charge in [-0.25, -0.2) is 4.68 Å². The standard InChI is InChI=1S/C14H12ClN3O/c1-18-13-8-10(4-7-12(13)16-17-18)14(19)9-2-5-11(15)6-3-9/h2-8,14,19H,1H3. The third-order valence-corrected chi connectivity index (χ3v) is 3.39. The largest absolute Gasteiger partial charge is 0.384 e. The number of hydrogen-bond donors (Lipinski definition) is 1. The summed E-state index contributed by atoms with van der Waals surface area (Å²) in [5, 5.41) is 19.0. The Bertz CT molecular complexity index is 721. The smallest absolute Gasteiger partial charge is 0.113 e. The molecular weight excluding hydrogens is 262 g/mol. The number of benzene rings is 2. The van der Waals surface area contributed by atoms with Crippen molar-refractivity contribution in [2.75, 3.05) is 0 Å². The number of aliphatic hydroxyl groups is 1. The van der Waals surface area contributed by atoms with Crippen LogP contribution in [0.25, 0.3) is 11.0 Å². The maximum atomic E-state index is 10.4. The van der Waals surface area contributed by atoms with E-state index in [0.29, 0.717) is 5.02 Å². The first-order valence-corrected chi connectivity index (χ1v) is 6.26. The second-order valence-corrected chi connectivity index (χ2v) is 4.85. The molecule has 1 N–H and O–H groups in total. The number of fused-ring (bicyclic) bond motifs is 1. The van der Waals surface area contributed by atoms with Crippen LogP contribution in [0.4, 0.5) is 0 Å². The van der Waals surface area contributed by atoms with Crippen LogP contribution < -0.4 is 0 Å². The molecule has 0 spiro atoms. The third kappa shape index (κ3) is 2.20. The number of aromatic nitrogens is 3. The highest BCUT2D eigenvalue weighted by atomic mass is 35.5. The Morgan fingerprint density at radius 1 is 1.11 bits per heavy atom. The van der Waals surface area contributed by atoms with Gasteiger partial charge in [-0.05, 0) is 35.4 Å². The monoisotopic (exact) mass is 273 g/mol. The molecule has 3 rings (SSSR count). The van der Waals surface area contributed by atoms with Gasteiger partial charge in [0.1, 0.15) is 11.6 Å². The zero-order valence-corrected chi connectivity index (χ0v) is 11.0. The van der Waals surface area contributed by atoms with Crippen molar-refractivity contribution in [3.63, 3.8) is 0 Å². The van der Waals surface area contributed by atoms with Crippen molar-refractivity contribution in [2.45, 2.75) is 6.10 Å². The molecule has 1 heterocycles. The highest BCUT2D eigenvalue weighted by Crippen LogP contribution is 2.25. The van der Waals surface area contributed by atoms with Crippen molar-refractivity contribution >= 4 is 22.6 Å². The van der Waals surface area contributed by atoms with E-state index in [1.54, 1.807) is 16.8 Å². The predicted octanol–water partition coefficient (Wildman–Crippen LogP) is 2.70. The molecule has 2 aromatic carbocycles. The molecule has 4 nitrogen and oxygen atoms in total. The van der Waals surface area contributed by atoms with Crippen LogP contribution in [-0.2, 0) is 7.05 Å². The van der Waals surface area contributed by atoms with Gasteiger partial charge in [0.25, 0.3) is 0 Å². The van der Waals surface area contributed by atoms with Gasteiger partial charge in [0, 0.05) is 12.1 Å². The molecule has 0 bridgehead atoms. The maximum Gasteiger partial charge on any atom is 0.113 e. The fraction of sp³-hybridized carbons (Fsp3) is 0.143. The zero-order chi connectivity index (χ0) is 13.4. The molecule has 5 heteroatoms. The molecule has 1 atom stereocenters. The molecule has 19 heavy (non-hydrogen) atoms. The molecule has 96 valence electrons. The van der Waals surface area contributed by atoms with Crippen LogP contribution in [-0.4, -0.2) is 20.1 Å². The van der Waals surface area contributed by atoms with E-state index < -0.39 is 6.10 Å². The van der Waals surface area contributed by atoms with E-state index in [4.69, 9.17) is 11.6 Å². The quantitative estimate of drug-likeness (QED) is 0.781. The normalized spacial score (nSPS) is 12.8. The van der Waals surface area contributed by atoms with E-state index in [0.717, 1.165) is 22.2 Å². The van der Waals surface area contributed by atoms with E-state index in [9.17, 15) is 5.11 Å². The van der Waals surface area contributed by atoms with Crippen LogP contribution in [0.3, 0.4) is 0 Å². The first-order chi connectivity index (χ1) is 9.15. The van der Waals surface area contributed by atoms with Crippen LogP contribution in [0.15, 0.2) is 42.5 Å². The highest BCUT2D eigenvalue weighted by Gasteiger charge is 2.12. The number of nitrogens with zero attached hydrogens (tertiary/aromatic N) is 3. The van der Waals surface area contributed by atoms with Gasteiger partial charge in [-0.2, -0.15) is 0 Å². The van der Waals surface area contributed by atoms with Gasteiger partial charge < -0.3 is 5.11 Å². The van der Waals surface area contributed by atoms with Crippen LogP contribution in [0, 0.1) is 0 Å². The zero-order valence-electron chi connectivity index (χ0n) is 10.3. The lowest BCUT2D eigenvalue weighted by Gasteiger charge is -2.11. The minimum atomic E-state index is -0.684. The Labute approximate surface area is 115 Å². The minimum Gasteiger partial charge on any atom is -0.384 e. The van der Waals surface area contributed by atoms with Crippen LogP contribution in [0.1, 0.15) is 17.2 Å². The summed E-state index contributed by atoms with van der Waals surface area (Å²) >= 11 is 5.85. The lowest BCUT2D eigenvalue weighted by Crippen LogP contribution is -2.00. The van der Waals surface area contributed by atoms with Crippen molar-refractivity contribution in [3.8, 4) is 0 Å². The molecule has 0 amide bonds. The van der Waals surface area contributed by atoms with Gasteiger partial charge in [0.15, 0.2) is 0 Å². The first kappa shape index (κ1) is 12.1. The molecule has 0 aliphatic carbocycles. The number of rotatable bonds is 2. The predicted molar refractivity (Wildman–Crippen MR) is 74.0 cm³/mol. The Morgan fingerprint density at radius 2 is 1.79 bits per heavy atom. The second-order valence-electron chi connectivity index (χ2n) is 4.42. The average Bonchev–Trinajstić information content (AvgIpc) is 2.80. The number of hydrogen-bond acceptors (Lipinski definition) is 3. The van der Waals surface area contributed by atoms with Crippen molar-refractivity contribution in [2.24, 2.45) is 7.05 Å². The van der Waals surface area contributed by atoms with Gasteiger partial charge in [0.05, 0.1) is 5.52 Å². The van der Waals surface area contributed by atoms with Crippen molar-refractivity contribution in [1.29, 1.82) is 0 Å². The van der Waals surface area contributed by atoms with Crippen molar-refractivity contribution < 1.29 is 5.11 Å². The SMILES string of the molecule is Cn1nnc2ccc(C(O)c3ccc(Cl)cc3)cc21. The Balaban J connectivity index is 2.03. The van der Waals surface area contributed by atoms with Crippen LogP contribution in [0.5, 0.6) is 0 Å². The number of halogens is 1. The fourth-order valence-corrected chi connectivity index (χ4v) is 2.18. The highest BCUT2D eigenvalue weighted by molar-refractivity contribution is 6.30. The summed E-state index contributed by atoms with van der Waals surface area (Å²) in [7, 11) is 1.83. The van der Waals surface area contributed by atoms with E-state index in [1.807, 2.05) is 37.4 Å². The van der Waals surface area contributed by atoms with Crippen molar-refractivity contribution in [3.05, 3.63) is 58.6 Å². The molecular formula is C14H12ClN3O. The molecule has 0 aliphatic heterocycles. The molecule has 0 saturated carbocycles. The molecule has 0 aliphatic rings. The molecule has 3 aromatic rings. The summed E-state index contributed by atoms with van der Waals surface area (Å²) in [4.78, 5) is 0. The Morgan fingerprint density at radius 3 is 2.53 bits per heavy atom. The maximum absolute atomic E-state index is 10.4. The average molecular weight is 274 g/mol. The van der Waals surface area contributed by atoms with E-state index in [2.05, 4.69) is 10.3 Å². The molecule has 0 radical (unpaired) electrons. The third-order valence-electron chi connectivity index (χ3n) is 3.14. The number of aryl methyl sites for hydroxylation is 1. The van der Waals surface area contributed by atoms with Crippen molar-refractivity contribution in [1.82, 2.24) is 15.0 Å². The summed E-state index contributed by atoms with van der Waals surface area (Å²) < 4.78 is 1.69. The van der Waals surface area contributed by atoms with E-state index >= 15 is 0 Å². The Hall–Kier alpha value is -1.91. The van der Waals surface area contributed by atoms with Gasteiger partial charge >= 0.3 is 0 Å². The molecule has 1 aromatic heterocycles. The topological polar surface area (TPSA) is 50.9 Å². The first-order valence-electron chi connectivity index (χ1n) is 5.88. The van der Waals surface area contributed by atoms with Gasteiger partial charge in [-0.1, -0.05) is 35.0 Å². The van der Waals surface area contributed by atoms with E-state index in [1.165, 1.54) is 0 Å². The molecule has 1 unspecified atom stereocenters. The second kappa shape index (κ2) is 4.64. The van der Waals surface area contributed by atoms with Crippen LogP contribution in [0.2, 0.25) is 5.02 Å². The summed E-state index contributed by atoms with van der Waals surface area (Å²) in [6, 6.07) is 12.8. The summed E-state index contributed by atoms with van der Waals surface area (Å²) in [5.74, 6) is 0. The minimum absolute atomic E-state index is 0.655. The summed E-state index contributed by atoms with van der Waals surface area (Å²) in [6.45, 7) is 0. The fourth-order valence-electron chi connectivity index (χ4n) is 2.06. The molecule has 0 saturated heterocycles. The number of aliphatic hydroxyl groups excluding tert-OH is 1. The van der Waals surface area contributed by atoms with Gasteiger partial charge in [0.2, 0.25) is 0 Å². The summed E-state index contributed by atoms with van der Waals surface area (Å²) in [6.07, 6.45) is -0.684. The summed E-state index contributed by atoms with van der Waals surface area (Å²) in [5.41, 5.74) is 3.32. The van der Waals surface area contributed by atoms with Gasteiger partial charge in [-0.3, -0.25) is 0 Å². The van der Waals surface area contributed by atoms with E-state index in [-0.39, 0.29) is 0 Å². The van der Waals surface area contributed by atoms with Crippen LogP contribution >= 0.6 is 11.6 Å². The lowest BCUT2D eigenvalue weighted by molar-refractivity contribution is 0.220. The van der Waals surface area contributed by atoms with Gasteiger partial charge in [-0.15, -0.1) is 5.10 Å². The Kier molecular flexibility index (Phi) is 2.97. The molecule has 0 fully saturated rings.